The Balaban J connectivity index is 2.21. The van der Waals surface area contributed by atoms with Crippen LogP contribution in [0.25, 0.3) is 0 Å². The summed E-state index contributed by atoms with van der Waals surface area (Å²) in [5, 5.41) is 0.154. The largest absolute Gasteiger partial charge is 0.415 e. The molecule has 144 valence electrons. The SMILES string of the molecule is CC1=CN(C(=O)c2cc(C)c(C)cc2N)[C@H](CO[Si](C)(C)C(C)(C)C)C1. The van der Waals surface area contributed by atoms with Gasteiger partial charge in [0.15, 0.2) is 8.32 Å². The van der Waals surface area contributed by atoms with E-state index >= 15 is 0 Å². The van der Waals surface area contributed by atoms with E-state index in [0.717, 1.165) is 17.5 Å². The number of nitrogens with two attached hydrogens (primary N) is 1. The maximum Gasteiger partial charge on any atom is 0.260 e. The minimum atomic E-state index is -1.85. The van der Waals surface area contributed by atoms with E-state index in [4.69, 9.17) is 10.2 Å². The van der Waals surface area contributed by atoms with Crippen LogP contribution >= 0.6 is 0 Å². The summed E-state index contributed by atoms with van der Waals surface area (Å²) < 4.78 is 6.40. The molecule has 1 heterocycles. The van der Waals surface area contributed by atoms with Crippen LogP contribution in [0.2, 0.25) is 18.1 Å². The second-order valence-electron chi connectivity index (χ2n) is 9.14. The molecule has 0 bridgehead atoms. The third kappa shape index (κ3) is 4.21. The van der Waals surface area contributed by atoms with Crippen LogP contribution in [-0.2, 0) is 4.43 Å². The summed E-state index contributed by atoms with van der Waals surface area (Å²) in [5.41, 5.74) is 10.6. The summed E-state index contributed by atoms with van der Waals surface area (Å²) in [5.74, 6) is -0.0359. The summed E-state index contributed by atoms with van der Waals surface area (Å²) in [4.78, 5) is 15.0. The number of benzene rings is 1. The van der Waals surface area contributed by atoms with Crippen molar-refractivity contribution in [2.75, 3.05) is 12.3 Å². The van der Waals surface area contributed by atoms with Gasteiger partial charge in [0.05, 0.1) is 18.2 Å². The van der Waals surface area contributed by atoms with Crippen LogP contribution in [0, 0.1) is 13.8 Å². The normalized spacial score (nSPS) is 18.2. The number of nitrogen functional groups attached to an aromatic ring is 1. The molecule has 1 aliphatic heterocycles. The highest BCUT2D eigenvalue weighted by molar-refractivity contribution is 6.74. The Morgan fingerprint density at radius 2 is 1.81 bits per heavy atom. The van der Waals surface area contributed by atoms with E-state index in [0.29, 0.717) is 17.9 Å². The molecule has 5 heteroatoms. The third-order valence-electron chi connectivity index (χ3n) is 5.88. The number of hydrogen-bond donors (Lipinski definition) is 1. The van der Waals surface area contributed by atoms with Gasteiger partial charge in [0.1, 0.15) is 0 Å². The van der Waals surface area contributed by atoms with Crippen molar-refractivity contribution in [1.29, 1.82) is 0 Å². The Morgan fingerprint density at radius 1 is 1.23 bits per heavy atom. The second kappa shape index (κ2) is 7.20. The van der Waals surface area contributed by atoms with Gasteiger partial charge in [-0.3, -0.25) is 4.79 Å². The van der Waals surface area contributed by atoms with Crippen molar-refractivity contribution in [2.45, 2.75) is 72.1 Å². The average molecular weight is 375 g/mol. The molecule has 1 aromatic carbocycles. The zero-order valence-corrected chi connectivity index (χ0v) is 18.6. The molecule has 0 fully saturated rings. The highest BCUT2D eigenvalue weighted by Gasteiger charge is 2.39. The summed E-state index contributed by atoms with van der Waals surface area (Å²) in [6.45, 7) is 17.8. The minimum Gasteiger partial charge on any atom is -0.415 e. The fraction of sp³-hybridized carbons (Fsp3) is 0.571. The van der Waals surface area contributed by atoms with Crippen molar-refractivity contribution in [3.63, 3.8) is 0 Å². The molecular weight excluding hydrogens is 340 g/mol. The van der Waals surface area contributed by atoms with Crippen LogP contribution < -0.4 is 5.73 Å². The van der Waals surface area contributed by atoms with E-state index in [1.807, 2.05) is 37.1 Å². The van der Waals surface area contributed by atoms with Crippen molar-refractivity contribution < 1.29 is 9.22 Å². The first-order chi connectivity index (χ1) is 11.8. The lowest BCUT2D eigenvalue weighted by Crippen LogP contribution is -2.45. The Hall–Kier alpha value is -1.59. The summed E-state index contributed by atoms with van der Waals surface area (Å²) in [7, 11) is -1.85. The molecule has 0 aromatic heterocycles. The highest BCUT2D eigenvalue weighted by atomic mass is 28.4. The van der Waals surface area contributed by atoms with Gasteiger partial charge in [-0.2, -0.15) is 0 Å². The molecule has 0 saturated heterocycles. The third-order valence-corrected chi connectivity index (χ3v) is 10.4. The maximum absolute atomic E-state index is 13.2. The van der Waals surface area contributed by atoms with Gasteiger partial charge >= 0.3 is 0 Å². The van der Waals surface area contributed by atoms with Crippen LogP contribution in [0.5, 0.6) is 0 Å². The zero-order chi connectivity index (χ0) is 19.9. The Bertz CT molecular complexity index is 732. The number of anilines is 1. The lowest BCUT2D eigenvalue weighted by atomic mass is 10.0. The number of rotatable bonds is 4. The van der Waals surface area contributed by atoms with Crippen LogP contribution in [-0.4, -0.2) is 31.8 Å². The Kier molecular flexibility index (Phi) is 5.73. The highest BCUT2D eigenvalue weighted by Crippen LogP contribution is 2.37. The number of hydrogen-bond acceptors (Lipinski definition) is 3. The van der Waals surface area contributed by atoms with Gasteiger partial charge in [0.25, 0.3) is 5.91 Å². The topological polar surface area (TPSA) is 55.6 Å². The van der Waals surface area contributed by atoms with E-state index in [2.05, 4.69) is 40.8 Å². The van der Waals surface area contributed by atoms with Crippen LogP contribution in [0.15, 0.2) is 23.9 Å². The average Bonchev–Trinajstić information content (AvgIpc) is 2.88. The molecule has 0 spiro atoms. The predicted molar refractivity (Wildman–Crippen MR) is 112 cm³/mol. The standard InChI is InChI=1S/C21H34N2O2Si/c1-14-9-17(13-25-26(7,8)21(4,5)6)23(12-14)20(24)18-10-15(2)16(3)11-19(18)22/h10-12,17H,9,13,22H2,1-8H3/t17-/m0/s1. The first-order valence-corrected chi connectivity index (χ1v) is 12.2. The Morgan fingerprint density at radius 3 is 2.38 bits per heavy atom. The first kappa shape index (κ1) is 20.7. The van der Waals surface area contributed by atoms with E-state index in [1.165, 1.54) is 5.57 Å². The second-order valence-corrected chi connectivity index (χ2v) is 14.0. The van der Waals surface area contributed by atoms with Crippen LogP contribution in [0.4, 0.5) is 5.69 Å². The molecule has 0 radical (unpaired) electrons. The first-order valence-electron chi connectivity index (χ1n) is 9.34. The van der Waals surface area contributed by atoms with Gasteiger partial charge in [-0.15, -0.1) is 0 Å². The molecule has 0 unspecified atom stereocenters. The lowest BCUT2D eigenvalue weighted by Gasteiger charge is -2.38. The van der Waals surface area contributed by atoms with E-state index in [1.54, 1.807) is 0 Å². The van der Waals surface area contributed by atoms with Crippen molar-refractivity contribution in [3.05, 3.63) is 40.6 Å². The molecule has 1 aromatic rings. The molecule has 4 nitrogen and oxygen atoms in total. The number of amides is 1. The van der Waals surface area contributed by atoms with Gasteiger partial charge in [-0.05, 0) is 68.6 Å². The fourth-order valence-electron chi connectivity index (χ4n) is 2.91. The van der Waals surface area contributed by atoms with Gasteiger partial charge in [-0.25, -0.2) is 0 Å². The van der Waals surface area contributed by atoms with Gasteiger partial charge in [0, 0.05) is 11.9 Å². The molecule has 26 heavy (non-hydrogen) atoms. The van der Waals surface area contributed by atoms with Crippen molar-refractivity contribution in [2.24, 2.45) is 0 Å². The van der Waals surface area contributed by atoms with E-state index in [9.17, 15) is 4.79 Å². The van der Waals surface area contributed by atoms with E-state index in [-0.39, 0.29) is 17.0 Å². The van der Waals surface area contributed by atoms with Crippen molar-refractivity contribution >= 4 is 19.9 Å². The minimum absolute atomic E-state index is 0.0359. The quantitative estimate of drug-likeness (QED) is 0.594. The molecule has 1 amide bonds. The fourth-order valence-corrected chi connectivity index (χ4v) is 3.96. The van der Waals surface area contributed by atoms with Crippen LogP contribution in [0.3, 0.4) is 0 Å². The monoisotopic (exact) mass is 374 g/mol. The van der Waals surface area contributed by atoms with Gasteiger partial charge in [-0.1, -0.05) is 26.3 Å². The molecular formula is C21H34N2O2Si. The molecule has 1 aliphatic rings. The van der Waals surface area contributed by atoms with Gasteiger partial charge in [0.2, 0.25) is 0 Å². The molecule has 0 aliphatic carbocycles. The number of carbonyl (C=O) groups excluding carboxylic acids is 1. The summed E-state index contributed by atoms with van der Waals surface area (Å²) in [6.07, 6.45) is 2.81. The molecule has 2 rings (SSSR count). The van der Waals surface area contributed by atoms with Gasteiger partial charge < -0.3 is 15.1 Å². The zero-order valence-electron chi connectivity index (χ0n) is 17.6. The van der Waals surface area contributed by atoms with Crippen LogP contribution in [0.1, 0.15) is 55.6 Å². The molecule has 2 N–H and O–H groups in total. The van der Waals surface area contributed by atoms with Crippen molar-refractivity contribution in [1.82, 2.24) is 4.90 Å². The number of aryl methyl sites for hydroxylation is 2. The Labute approximate surface area is 159 Å². The predicted octanol–water partition coefficient (Wildman–Crippen LogP) is 5.03. The lowest BCUT2D eigenvalue weighted by molar-refractivity contribution is 0.0738. The smallest absolute Gasteiger partial charge is 0.260 e. The number of nitrogens with zero attached hydrogens (tertiary/aromatic N) is 1. The molecule has 1 atom stereocenters. The van der Waals surface area contributed by atoms with Crippen molar-refractivity contribution in [3.8, 4) is 0 Å². The number of carbonyl (C=O) groups is 1. The molecule has 0 saturated carbocycles. The summed E-state index contributed by atoms with van der Waals surface area (Å²) >= 11 is 0. The summed E-state index contributed by atoms with van der Waals surface area (Å²) in [6, 6.07) is 3.83. The van der Waals surface area contributed by atoms with E-state index < -0.39 is 8.32 Å². The maximum atomic E-state index is 13.2.